The van der Waals surface area contributed by atoms with Gasteiger partial charge in [0.05, 0.1) is 32.2 Å². The maximum absolute atomic E-state index is 5.58. The molecule has 1 heterocycles. The highest BCUT2D eigenvalue weighted by Crippen LogP contribution is 2.36. The van der Waals surface area contributed by atoms with E-state index < -0.39 is 0 Å². The smallest absolute Gasteiger partial charge is 0.257 e. The Morgan fingerprint density at radius 1 is 1.00 bits per heavy atom. The highest BCUT2D eigenvalue weighted by atomic mass is 16.5. The van der Waals surface area contributed by atoms with Gasteiger partial charge >= 0.3 is 0 Å². The Labute approximate surface area is 162 Å². The van der Waals surface area contributed by atoms with Crippen molar-refractivity contribution in [3.63, 3.8) is 0 Å². The number of ether oxygens (including phenoxy) is 3. The highest BCUT2D eigenvalue weighted by Gasteiger charge is 2.18. The number of unbranched alkanes of at least 4 members (excludes halogenated alkanes) is 2. The molecule has 6 heteroatoms. The first-order chi connectivity index (χ1) is 13.2. The van der Waals surface area contributed by atoms with Crippen LogP contribution in [0.2, 0.25) is 0 Å². The number of aryl methyl sites for hydroxylation is 1. The standard InChI is InChI=1S/C21H31N3O3/c1-6-9-10-13-22-20-21(26-5)24-19(17(7-2)23-20)16-12-11-15(27-8-3)14-18(16)25-4/h11-12,14H,6-10,13H2,1-5H3,(H,22,23). The largest absolute Gasteiger partial charge is 0.496 e. The topological polar surface area (TPSA) is 65.5 Å². The zero-order chi connectivity index (χ0) is 19.6. The summed E-state index contributed by atoms with van der Waals surface area (Å²) in [6.07, 6.45) is 4.22. The zero-order valence-electron chi connectivity index (χ0n) is 17.1. The van der Waals surface area contributed by atoms with E-state index >= 15 is 0 Å². The van der Waals surface area contributed by atoms with E-state index in [9.17, 15) is 0 Å². The fourth-order valence-electron chi connectivity index (χ4n) is 2.88. The lowest BCUT2D eigenvalue weighted by Crippen LogP contribution is -2.09. The summed E-state index contributed by atoms with van der Waals surface area (Å²) in [6, 6.07) is 5.76. The van der Waals surface area contributed by atoms with E-state index in [0.29, 0.717) is 24.1 Å². The molecule has 0 aliphatic heterocycles. The van der Waals surface area contributed by atoms with Crippen LogP contribution in [0.5, 0.6) is 17.4 Å². The average Bonchev–Trinajstić information content (AvgIpc) is 2.70. The van der Waals surface area contributed by atoms with E-state index in [1.807, 2.05) is 25.1 Å². The summed E-state index contributed by atoms with van der Waals surface area (Å²) in [6.45, 7) is 7.68. The first-order valence-corrected chi connectivity index (χ1v) is 9.68. The minimum Gasteiger partial charge on any atom is -0.496 e. The maximum atomic E-state index is 5.58. The number of aromatic nitrogens is 2. The first-order valence-electron chi connectivity index (χ1n) is 9.68. The Bertz CT molecular complexity index is 735. The molecule has 0 aliphatic carbocycles. The molecule has 0 aliphatic rings. The third-order valence-corrected chi connectivity index (χ3v) is 4.28. The van der Waals surface area contributed by atoms with Gasteiger partial charge in [-0.3, -0.25) is 0 Å². The summed E-state index contributed by atoms with van der Waals surface area (Å²) in [5, 5.41) is 3.36. The second kappa shape index (κ2) is 10.6. The Balaban J connectivity index is 2.41. The molecular weight excluding hydrogens is 342 g/mol. The minimum atomic E-state index is 0.495. The molecule has 0 saturated heterocycles. The highest BCUT2D eigenvalue weighted by molar-refractivity contribution is 5.72. The molecular formula is C21H31N3O3. The predicted octanol–water partition coefficient (Wildman–Crippen LogP) is 4.72. The molecule has 0 saturated carbocycles. The fraction of sp³-hybridized carbons (Fsp3) is 0.524. The summed E-state index contributed by atoms with van der Waals surface area (Å²) in [5.41, 5.74) is 2.55. The number of nitrogens with one attached hydrogen (secondary N) is 1. The Kier molecular flexibility index (Phi) is 8.17. The SMILES string of the molecule is CCCCCNc1nc(CC)c(-c2ccc(OCC)cc2OC)nc1OC. The third kappa shape index (κ3) is 5.25. The van der Waals surface area contributed by atoms with E-state index in [1.165, 1.54) is 12.8 Å². The number of hydrogen-bond acceptors (Lipinski definition) is 6. The second-order valence-corrected chi connectivity index (χ2v) is 6.16. The van der Waals surface area contributed by atoms with Crippen LogP contribution in [0.25, 0.3) is 11.3 Å². The van der Waals surface area contributed by atoms with Crippen molar-refractivity contribution in [1.29, 1.82) is 0 Å². The van der Waals surface area contributed by atoms with Crippen molar-refractivity contribution in [2.45, 2.75) is 46.5 Å². The van der Waals surface area contributed by atoms with Crippen LogP contribution >= 0.6 is 0 Å². The lowest BCUT2D eigenvalue weighted by atomic mass is 10.1. The van der Waals surface area contributed by atoms with Crippen molar-refractivity contribution in [2.75, 3.05) is 32.7 Å². The average molecular weight is 373 g/mol. The van der Waals surface area contributed by atoms with Gasteiger partial charge in [0.25, 0.3) is 5.88 Å². The molecule has 0 unspecified atom stereocenters. The van der Waals surface area contributed by atoms with Crippen LogP contribution in [0.4, 0.5) is 5.82 Å². The number of benzene rings is 1. The number of rotatable bonds is 11. The summed E-state index contributed by atoms with van der Waals surface area (Å²) in [7, 11) is 3.26. The Morgan fingerprint density at radius 2 is 1.81 bits per heavy atom. The van der Waals surface area contributed by atoms with Gasteiger partial charge in [-0.2, -0.15) is 0 Å². The van der Waals surface area contributed by atoms with E-state index in [-0.39, 0.29) is 0 Å². The molecule has 27 heavy (non-hydrogen) atoms. The monoisotopic (exact) mass is 373 g/mol. The van der Waals surface area contributed by atoms with Crippen LogP contribution in [0.3, 0.4) is 0 Å². The first kappa shape index (κ1) is 20.8. The molecule has 1 N–H and O–H groups in total. The van der Waals surface area contributed by atoms with Crippen LogP contribution in [0, 0.1) is 0 Å². The molecule has 0 radical (unpaired) electrons. The summed E-state index contributed by atoms with van der Waals surface area (Å²) >= 11 is 0. The van der Waals surface area contributed by atoms with Crippen LogP contribution in [0.1, 0.15) is 45.7 Å². The van der Waals surface area contributed by atoms with Gasteiger partial charge in [-0.1, -0.05) is 26.7 Å². The lowest BCUT2D eigenvalue weighted by molar-refractivity contribution is 0.336. The van der Waals surface area contributed by atoms with Gasteiger partial charge < -0.3 is 19.5 Å². The summed E-state index contributed by atoms with van der Waals surface area (Å²) < 4.78 is 16.6. The molecule has 148 valence electrons. The molecule has 2 rings (SSSR count). The van der Waals surface area contributed by atoms with E-state index in [1.54, 1.807) is 14.2 Å². The van der Waals surface area contributed by atoms with Crippen LogP contribution in [-0.2, 0) is 6.42 Å². The molecule has 2 aromatic rings. The second-order valence-electron chi connectivity index (χ2n) is 6.16. The Morgan fingerprint density at radius 3 is 2.44 bits per heavy atom. The molecule has 0 amide bonds. The minimum absolute atomic E-state index is 0.495. The van der Waals surface area contributed by atoms with Gasteiger partial charge in [0, 0.05) is 18.2 Å². The maximum Gasteiger partial charge on any atom is 0.257 e. The quantitative estimate of drug-likeness (QED) is 0.575. The number of methoxy groups -OCH3 is 2. The van der Waals surface area contributed by atoms with Gasteiger partial charge in [0.2, 0.25) is 0 Å². The third-order valence-electron chi connectivity index (χ3n) is 4.28. The van der Waals surface area contributed by atoms with Gasteiger partial charge in [-0.15, -0.1) is 0 Å². The van der Waals surface area contributed by atoms with Crippen molar-refractivity contribution in [1.82, 2.24) is 9.97 Å². The molecule has 0 spiro atoms. The molecule has 1 aromatic carbocycles. The number of anilines is 1. The van der Waals surface area contributed by atoms with Gasteiger partial charge in [-0.25, -0.2) is 9.97 Å². The summed E-state index contributed by atoms with van der Waals surface area (Å²) in [5.74, 6) is 2.66. The van der Waals surface area contributed by atoms with Crippen molar-refractivity contribution in [3.05, 3.63) is 23.9 Å². The van der Waals surface area contributed by atoms with E-state index in [4.69, 9.17) is 24.2 Å². The van der Waals surface area contributed by atoms with Gasteiger partial charge in [0.1, 0.15) is 11.5 Å². The van der Waals surface area contributed by atoms with Crippen molar-refractivity contribution >= 4 is 5.82 Å². The Hall–Kier alpha value is -2.50. The van der Waals surface area contributed by atoms with E-state index in [0.717, 1.165) is 42.1 Å². The summed E-state index contributed by atoms with van der Waals surface area (Å²) in [4.78, 5) is 9.53. The van der Waals surface area contributed by atoms with Crippen LogP contribution < -0.4 is 19.5 Å². The van der Waals surface area contributed by atoms with E-state index in [2.05, 4.69) is 19.2 Å². The lowest BCUT2D eigenvalue weighted by Gasteiger charge is -2.16. The molecule has 1 aromatic heterocycles. The fourth-order valence-corrected chi connectivity index (χ4v) is 2.88. The normalized spacial score (nSPS) is 10.6. The zero-order valence-corrected chi connectivity index (χ0v) is 17.1. The van der Waals surface area contributed by atoms with Crippen LogP contribution in [0.15, 0.2) is 18.2 Å². The predicted molar refractivity (Wildman–Crippen MR) is 109 cm³/mol. The van der Waals surface area contributed by atoms with Crippen LogP contribution in [-0.4, -0.2) is 37.3 Å². The van der Waals surface area contributed by atoms with Crippen molar-refractivity contribution < 1.29 is 14.2 Å². The molecule has 0 atom stereocenters. The van der Waals surface area contributed by atoms with Crippen molar-refractivity contribution in [2.24, 2.45) is 0 Å². The molecule has 0 fully saturated rings. The van der Waals surface area contributed by atoms with Gasteiger partial charge in [0.15, 0.2) is 5.82 Å². The van der Waals surface area contributed by atoms with Gasteiger partial charge in [-0.05, 0) is 31.9 Å². The number of hydrogen-bond donors (Lipinski definition) is 1. The molecule has 6 nitrogen and oxygen atoms in total. The van der Waals surface area contributed by atoms with Crippen molar-refractivity contribution in [3.8, 4) is 28.6 Å². The molecule has 0 bridgehead atoms. The number of nitrogens with zero attached hydrogens (tertiary/aromatic N) is 2.